The molecule has 0 aliphatic carbocycles. The minimum Gasteiger partial charge on any atom is -0.491 e. The molecule has 0 fully saturated rings. The number of ether oxygens (including phenoxy) is 2. The maximum Gasteiger partial charge on any atom is 0.122 e. The molecule has 2 aromatic carbocycles. The Bertz CT molecular complexity index is 567. The fraction of sp³-hybridized carbons (Fsp3) is 0.333. The molecule has 0 atom stereocenters. The zero-order valence-electron chi connectivity index (χ0n) is 12.9. The van der Waals surface area contributed by atoms with Crippen molar-refractivity contribution in [2.45, 2.75) is 26.9 Å². The summed E-state index contributed by atoms with van der Waals surface area (Å²) < 4.78 is 11.4. The predicted molar refractivity (Wildman–Crippen MR) is 87.4 cm³/mol. The molecule has 0 unspecified atom stereocenters. The molecule has 1 N–H and O–H groups in total. The first-order valence-corrected chi connectivity index (χ1v) is 7.34. The Labute approximate surface area is 126 Å². The van der Waals surface area contributed by atoms with E-state index in [1.54, 1.807) is 0 Å². The molecule has 0 aliphatic rings. The normalized spacial score (nSPS) is 10.5. The highest BCUT2D eigenvalue weighted by Crippen LogP contribution is 2.19. The molecule has 21 heavy (non-hydrogen) atoms. The van der Waals surface area contributed by atoms with Crippen molar-refractivity contribution in [2.75, 3.05) is 18.5 Å². The fourth-order valence-corrected chi connectivity index (χ4v) is 2.03. The lowest BCUT2D eigenvalue weighted by molar-refractivity contribution is 0.242. The van der Waals surface area contributed by atoms with Crippen molar-refractivity contribution in [1.29, 1.82) is 0 Å². The topological polar surface area (TPSA) is 30.5 Å². The molecule has 0 saturated carbocycles. The Morgan fingerprint density at radius 1 is 1.05 bits per heavy atom. The zero-order valence-corrected chi connectivity index (χ0v) is 12.9. The number of hydrogen-bond acceptors (Lipinski definition) is 3. The summed E-state index contributed by atoms with van der Waals surface area (Å²) in [7, 11) is 0. The molecule has 0 heterocycles. The van der Waals surface area contributed by atoms with E-state index in [9.17, 15) is 0 Å². The molecular formula is C18H23NO2. The second kappa shape index (κ2) is 7.58. The van der Waals surface area contributed by atoms with Crippen LogP contribution in [0.25, 0.3) is 0 Å². The number of para-hydroxylation sites is 1. The summed E-state index contributed by atoms with van der Waals surface area (Å²) >= 11 is 0. The van der Waals surface area contributed by atoms with E-state index in [-0.39, 0.29) is 6.10 Å². The number of benzene rings is 2. The Hall–Kier alpha value is -2.16. The second-order valence-corrected chi connectivity index (χ2v) is 5.24. The molecular weight excluding hydrogens is 262 g/mol. The lowest BCUT2D eigenvalue weighted by atomic mass is 10.2. The Kier molecular flexibility index (Phi) is 5.50. The third kappa shape index (κ3) is 5.03. The second-order valence-electron chi connectivity index (χ2n) is 5.24. The van der Waals surface area contributed by atoms with Gasteiger partial charge < -0.3 is 14.8 Å². The summed E-state index contributed by atoms with van der Waals surface area (Å²) in [6.07, 6.45) is 0.185. The van der Waals surface area contributed by atoms with Gasteiger partial charge in [0.25, 0.3) is 0 Å². The average Bonchev–Trinajstić information content (AvgIpc) is 2.45. The molecule has 2 rings (SSSR count). The molecule has 0 aromatic heterocycles. The van der Waals surface area contributed by atoms with Gasteiger partial charge in [-0.05, 0) is 44.5 Å². The summed E-state index contributed by atoms with van der Waals surface area (Å²) in [5.41, 5.74) is 2.20. The molecule has 3 nitrogen and oxygen atoms in total. The van der Waals surface area contributed by atoms with Crippen LogP contribution in [0.3, 0.4) is 0 Å². The van der Waals surface area contributed by atoms with E-state index in [4.69, 9.17) is 9.47 Å². The van der Waals surface area contributed by atoms with Crippen LogP contribution in [0, 0.1) is 6.92 Å². The van der Waals surface area contributed by atoms with Gasteiger partial charge in [0.2, 0.25) is 0 Å². The maximum atomic E-state index is 5.76. The van der Waals surface area contributed by atoms with Crippen molar-refractivity contribution in [3.63, 3.8) is 0 Å². The van der Waals surface area contributed by atoms with Crippen molar-refractivity contribution in [3.8, 4) is 11.5 Å². The van der Waals surface area contributed by atoms with Gasteiger partial charge >= 0.3 is 0 Å². The van der Waals surface area contributed by atoms with Gasteiger partial charge in [0.05, 0.1) is 6.10 Å². The van der Waals surface area contributed by atoms with Crippen molar-refractivity contribution < 1.29 is 9.47 Å². The summed E-state index contributed by atoms with van der Waals surface area (Å²) in [6.45, 7) is 7.47. The van der Waals surface area contributed by atoms with Gasteiger partial charge in [-0.2, -0.15) is 0 Å². The molecule has 0 radical (unpaired) electrons. The Balaban J connectivity index is 1.80. The third-order valence-electron chi connectivity index (χ3n) is 2.99. The number of hydrogen-bond donors (Lipinski definition) is 1. The molecule has 112 valence electrons. The number of rotatable bonds is 7. The first kappa shape index (κ1) is 15.2. The van der Waals surface area contributed by atoms with Crippen LogP contribution < -0.4 is 14.8 Å². The van der Waals surface area contributed by atoms with Gasteiger partial charge in [0, 0.05) is 18.3 Å². The molecule has 0 aliphatic heterocycles. The molecule has 0 saturated heterocycles. The quantitative estimate of drug-likeness (QED) is 0.770. The maximum absolute atomic E-state index is 5.76. The van der Waals surface area contributed by atoms with E-state index in [0.29, 0.717) is 6.61 Å². The van der Waals surface area contributed by atoms with Crippen LogP contribution in [0.1, 0.15) is 19.4 Å². The first-order chi connectivity index (χ1) is 10.1. The minimum absolute atomic E-state index is 0.185. The van der Waals surface area contributed by atoms with E-state index in [0.717, 1.165) is 29.3 Å². The number of anilines is 1. The van der Waals surface area contributed by atoms with Gasteiger partial charge in [0.1, 0.15) is 18.1 Å². The Morgan fingerprint density at radius 3 is 2.62 bits per heavy atom. The SMILES string of the molecule is Cc1ccccc1OCCNc1cccc(OC(C)C)c1. The van der Waals surface area contributed by atoms with Gasteiger partial charge in [0.15, 0.2) is 0 Å². The number of nitrogens with one attached hydrogen (secondary N) is 1. The standard InChI is InChI=1S/C18H23NO2/c1-14(2)21-17-9-6-8-16(13-17)19-11-12-20-18-10-5-4-7-15(18)3/h4-10,13-14,19H,11-12H2,1-3H3. The van der Waals surface area contributed by atoms with Crippen LogP contribution in [0.2, 0.25) is 0 Å². The van der Waals surface area contributed by atoms with Crippen LogP contribution in [0.5, 0.6) is 11.5 Å². The molecule has 0 bridgehead atoms. The van der Waals surface area contributed by atoms with Crippen LogP contribution in [-0.4, -0.2) is 19.3 Å². The minimum atomic E-state index is 0.185. The number of aryl methyl sites for hydroxylation is 1. The fourth-order valence-electron chi connectivity index (χ4n) is 2.03. The van der Waals surface area contributed by atoms with E-state index in [1.807, 2.05) is 56.3 Å². The van der Waals surface area contributed by atoms with E-state index in [2.05, 4.69) is 18.3 Å². The van der Waals surface area contributed by atoms with Crippen molar-refractivity contribution >= 4 is 5.69 Å². The Morgan fingerprint density at radius 2 is 1.86 bits per heavy atom. The molecule has 0 spiro atoms. The molecule has 3 heteroatoms. The van der Waals surface area contributed by atoms with Crippen LogP contribution in [-0.2, 0) is 0 Å². The van der Waals surface area contributed by atoms with Gasteiger partial charge in [-0.15, -0.1) is 0 Å². The van der Waals surface area contributed by atoms with Crippen LogP contribution in [0.4, 0.5) is 5.69 Å². The lowest BCUT2D eigenvalue weighted by Crippen LogP contribution is -2.12. The zero-order chi connectivity index (χ0) is 15.1. The van der Waals surface area contributed by atoms with E-state index < -0.39 is 0 Å². The highest BCUT2D eigenvalue weighted by atomic mass is 16.5. The van der Waals surface area contributed by atoms with Crippen molar-refractivity contribution in [3.05, 3.63) is 54.1 Å². The molecule has 2 aromatic rings. The van der Waals surface area contributed by atoms with Gasteiger partial charge in [-0.3, -0.25) is 0 Å². The average molecular weight is 285 g/mol. The summed E-state index contributed by atoms with van der Waals surface area (Å²) in [6, 6.07) is 16.0. The van der Waals surface area contributed by atoms with E-state index >= 15 is 0 Å². The third-order valence-corrected chi connectivity index (χ3v) is 2.99. The highest BCUT2D eigenvalue weighted by Gasteiger charge is 2.00. The first-order valence-electron chi connectivity index (χ1n) is 7.34. The largest absolute Gasteiger partial charge is 0.491 e. The van der Waals surface area contributed by atoms with Gasteiger partial charge in [-0.1, -0.05) is 24.3 Å². The highest BCUT2D eigenvalue weighted by molar-refractivity contribution is 5.48. The van der Waals surface area contributed by atoms with E-state index in [1.165, 1.54) is 0 Å². The summed E-state index contributed by atoms with van der Waals surface area (Å²) in [5.74, 6) is 1.83. The van der Waals surface area contributed by atoms with Crippen LogP contribution >= 0.6 is 0 Å². The van der Waals surface area contributed by atoms with Gasteiger partial charge in [-0.25, -0.2) is 0 Å². The molecule has 0 amide bonds. The van der Waals surface area contributed by atoms with Crippen molar-refractivity contribution in [1.82, 2.24) is 0 Å². The van der Waals surface area contributed by atoms with Crippen molar-refractivity contribution in [2.24, 2.45) is 0 Å². The summed E-state index contributed by atoms with van der Waals surface area (Å²) in [5, 5.41) is 3.34. The lowest BCUT2D eigenvalue weighted by Gasteiger charge is -2.13. The summed E-state index contributed by atoms with van der Waals surface area (Å²) in [4.78, 5) is 0. The van der Waals surface area contributed by atoms with Crippen LogP contribution in [0.15, 0.2) is 48.5 Å². The smallest absolute Gasteiger partial charge is 0.122 e. The monoisotopic (exact) mass is 285 g/mol. The predicted octanol–water partition coefficient (Wildman–Crippen LogP) is 4.27.